The molecule has 4 nitrogen and oxygen atoms in total. The minimum atomic E-state index is -1.92. The molecule has 0 aliphatic heterocycles. The fourth-order valence-electron chi connectivity index (χ4n) is 6.39. The predicted molar refractivity (Wildman–Crippen MR) is 180 cm³/mol. The van der Waals surface area contributed by atoms with E-state index in [9.17, 15) is 4.79 Å². The highest BCUT2D eigenvalue weighted by Gasteiger charge is 2.48. The highest BCUT2D eigenvalue weighted by molar-refractivity contribution is 6.74. The molecule has 0 spiro atoms. The molecular formula is C38H54O4Si. The van der Waals surface area contributed by atoms with E-state index in [1.54, 1.807) is 12.7 Å². The summed E-state index contributed by atoms with van der Waals surface area (Å²) >= 11 is 0. The second-order valence-electron chi connectivity index (χ2n) is 14.3. The van der Waals surface area contributed by atoms with Crippen LogP contribution in [0.3, 0.4) is 0 Å². The average Bonchev–Trinajstić information content (AvgIpc) is 3.47. The van der Waals surface area contributed by atoms with Crippen molar-refractivity contribution < 1.29 is 18.7 Å². The van der Waals surface area contributed by atoms with Crippen molar-refractivity contribution in [2.24, 2.45) is 17.8 Å². The first-order valence-electron chi connectivity index (χ1n) is 16.3. The molecule has 5 heteroatoms. The first-order chi connectivity index (χ1) is 20.4. The van der Waals surface area contributed by atoms with Crippen LogP contribution in [0.15, 0.2) is 72.3 Å². The molecule has 0 saturated heterocycles. The maximum absolute atomic E-state index is 13.0. The van der Waals surface area contributed by atoms with Gasteiger partial charge in [-0.05, 0) is 98.3 Å². The number of carbonyl (C=O) groups excluding carboxylic acids is 1. The number of methoxy groups -OCH3 is 1. The Morgan fingerprint density at radius 3 is 2.49 bits per heavy atom. The van der Waals surface area contributed by atoms with Crippen molar-refractivity contribution in [2.45, 2.75) is 103 Å². The Morgan fingerprint density at radius 1 is 1.02 bits per heavy atom. The third kappa shape index (κ3) is 9.50. The lowest BCUT2D eigenvalue weighted by atomic mass is 9.88. The van der Waals surface area contributed by atoms with Crippen LogP contribution in [0.2, 0.25) is 18.1 Å². The van der Waals surface area contributed by atoms with E-state index in [0.29, 0.717) is 30.8 Å². The van der Waals surface area contributed by atoms with Crippen LogP contribution in [0.5, 0.6) is 5.75 Å². The number of fused-ring (bicyclic) bond motifs is 1. The number of unbranched alkanes of at least 4 members (excludes halogenated alkanes) is 2. The Labute approximate surface area is 262 Å². The lowest BCUT2D eigenvalue weighted by Gasteiger charge is -2.40. The quantitative estimate of drug-likeness (QED) is 0.0882. The Morgan fingerprint density at radius 2 is 1.79 bits per heavy atom. The molecule has 2 aromatic rings. The van der Waals surface area contributed by atoms with Gasteiger partial charge < -0.3 is 13.9 Å². The average molecular weight is 603 g/mol. The van der Waals surface area contributed by atoms with Gasteiger partial charge in [0.25, 0.3) is 0 Å². The largest absolute Gasteiger partial charge is 0.497 e. The van der Waals surface area contributed by atoms with E-state index in [1.807, 2.05) is 30.3 Å². The lowest BCUT2D eigenvalue weighted by molar-refractivity contribution is -0.114. The van der Waals surface area contributed by atoms with Gasteiger partial charge in [-0.15, -0.1) is 0 Å². The molecule has 1 fully saturated rings. The molecule has 0 N–H and O–H groups in total. The van der Waals surface area contributed by atoms with Gasteiger partial charge in [0.15, 0.2) is 14.1 Å². The summed E-state index contributed by atoms with van der Waals surface area (Å²) in [5, 5.41) is 0.166. The second-order valence-corrected chi connectivity index (χ2v) is 19.0. The van der Waals surface area contributed by atoms with Crippen LogP contribution in [0.25, 0.3) is 0 Å². The standard InChI is InChI=1S/C38H54O4Si/c1-28-12-11-14-30(22-28)24-33(39)17-20-35-36-25-31(23-32(36)26-37(35)42-43(6,7)38(2,3)4)13-9-8-10-21-41-27-29-15-18-34(40-5)19-16-29/h11-12,14-20,22-23,32,35-37H,8-10,13,21,24-27H2,1-7H3/b20-17+/t32-,35+,36-,37+/m0/s1. The van der Waals surface area contributed by atoms with Crippen molar-refractivity contribution in [1.29, 1.82) is 0 Å². The van der Waals surface area contributed by atoms with Crippen molar-refractivity contribution in [3.05, 3.63) is 89.0 Å². The molecule has 1 saturated carbocycles. The van der Waals surface area contributed by atoms with Gasteiger partial charge in [-0.2, -0.15) is 0 Å². The maximum atomic E-state index is 13.0. The Kier molecular flexibility index (Phi) is 11.7. The van der Waals surface area contributed by atoms with Gasteiger partial charge in [-0.3, -0.25) is 4.79 Å². The van der Waals surface area contributed by atoms with Crippen molar-refractivity contribution >= 4 is 14.1 Å². The lowest BCUT2D eigenvalue weighted by Crippen LogP contribution is -2.45. The smallest absolute Gasteiger partial charge is 0.192 e. The summed E-state index contributed by atoms with van der Waals surface area (Å²) in [6.45, 7) is 15.2. The van der Waals surface area contributed by atoms with Crippen molar-refractivity contribution in [2.75, 3.05) is 13.7 Å². The van der Waals surface area contributed by atoms with Gasteiger partial charge in [0, 0.05) is 18.9 Å². The molecule has 0 aromatic heterocycles. The molecule has 2 aliphatic rings. The Bertz CT molecular complexity index is 1250. The minimum absolute atomic E-state index is 0.166. The zero-order chi connectivity index (χ0) is 31.0. The second kappa shape index (κ2) is 15.0. The third-order valence-electron chi connectivity index (χ3n) is 9.86. The molecular weight excluding hydrogens is 549 g/mol. The first kappa shape index (κ1) is 33.4. The van der Waals surface area contributed by atoms with E-state index < -0.39 is 8.32 Å². The van der Waals surface area contributed by atoms with E-state index in [-0.39, 0.29) is 16.9 Å². The van der Waals surface area contributed by atoms with Crippen LogP contribution in [0.1, 0.15) is 76.0 Å². The van der Waals surface area contributed by atoms with Crippen LogP contribution >= 0.6 is 0 Å². The summed E-state index contributed by atoms with van der Waals surface area (Å²) in [6, 6.07) is 16.4. The Balaban J connectivity index is 1.28. The summed E-state index contributed by atoms with van der Waals surface area (Å²) in [5.74, 6) is 2.45. The van der Waals surface area contributed by atoms with Crippen molar-refractivity contribution in [1.82, 2.24) is 0 Å². The van der Waals surface area contributed by atoms with E-state index in [2.05, 4.69) is 77.2 Å². The molecule has 0 amide bonds. The fraction of sp³-hybridized carbons (Fsp3) is 0.553. The SMILES string of the molecule is COc1ccc(COCCCCCC2=C[C@H]3C[C@@H](O[Si](C)(C)C(C)(C)C)[C@H](/C=C/C(=O)Cc4cccc(C)c4)[C@H]3C2)cc1. The fourth-order valence-corrected chi connectivity index (χ4v) is 7.76. The summed E-state index contributed by atoms with van der Waals surface area (Å²) in [7, 11) is -0.233. The van der Waals surface area contributed by atoms with Gasteiger partial charge in [0.05, 0.1) is 19.8 Å². The number of ether oxygens (including phenoxy) is 2. The number of allylic oxidation sites excluding steroid dienone is 3. The third-order valence-corrected chi connectivity index (χ3v) is 14.4. The maximum Gasteiger partial charge on any atom is 0.192 e. The molecule has 0 heterocycles. The van der Waals surface area contributed by atoms with Crippen molar-refractivity contribution in [3.8, 4) is 5.75 Å². The monoisotopic (exact) mass is 602 g/mol. The van der Waals surface area contributed by atoms with Gasteiger partial charge in [0.1, 0.15) is 5.75 Å². The van der Waals surface area contributed by atoms with E-state index in [0.717, 1.165) is 37.2 Å². The number of carbonyl (C=O) groups is 1. The van der Waals surface area contributed by atoms with Gasteiger partial charge in [-0.1, -0.05) is 86.9 Å². The molecule has 234 valence electrons. The summed E-state index contributed by atoms with van der Waals surface area (Å²) < 4.78 is 18.1. The zero-order valence-corrected chi connectivity index (χ0v) is 28.7. The number of hydrogen-bond acceptors (Lipinski definition) is 4. The molecule has 43 heavy (non-hydrogen) atoms. The molecule has 4 rings (SSSR count). The highest BCUT2D eigenvalue weighted by Crippen LogP contribution is 2.51. The number of aryl methyl sites for hydroxylation is 1. The summed E-state index contributed by atoms with van der Waals surface area (Å²) in [4.78, 5) is 13.0. The van der Waals surface area contributed by atoms with Crippen LogP contribution < -0.4 is 4.74 Å². The number of ketones is 1. The molecule has 0 radical (unpaired) electrons. The molecule has 2 aromatic carbocycles. The first-order valence-corrected chi connectivity index (χ1v) is 19.2. The Hall–Kier alpha value is -2.47. The topological polar surface area (TPSA) is 44.8 Å². The minimum Gasteiger partial charge on any atom is -0.497 e. The molecule has 0 unspecified atom stereocenters. The van der Waals surface area contributed by atoms with E-state index in [4.69, 9.17) is 13.9 Å². The van der Waals surface area contributed by atoms with Crippen LogP contribution in [-0.4, -0.2) is 33.9 Å². The van der Waals surface area contributed by atoms with Crippen LogP contribution in [0.4, 0.5) is 0 Å². The molecule has 4 atom stereocenters. The summed E-state index contributed by atoms with van der Waals surface area (Å²) in [6.07, 6.45) is 14.2. The number of rotatable bonds is 15. The highest BCUT2D eigenvalue weighted by atomic mass is 28.4. The van der Waals surface area contributed by atoms with Gasteiger partial charge >= 0.3 is 0 Å². The normalized spacial score (nSPS) is 22.2. The van der Waals surface area contributed by atoms with Gasteiger partial charge in [-0.25, -0.2) is 0 Å². The van der Waals surface area contributed by atoms with Crippen LogP contribution in [0, 0.1) is 24.7 Å². The zero-order valence-electron chi connectivity index (χ0n) is 27.7. The van der Waals surface area contributed by atoms with Gasteiger partial charge in [0.2, 0.25) is 0 Å². The van der Waals surface area contributed by atoms with Crippen LogP contribution in [-0.2, 0) is 27.0 Å². The number of hydrogen-bond donors (Lipinski definition) is 0. The predicted octanol–water partition coefficient (Wildman–Crippen LogP) is 9.42. The number of benzene rings is 2. The summed E-state index contributed by atoms with van der Waals surface area (Å²) in [5.41, 5.74) is 5.06. The van der Waals surface area contributed by atoms with E-state index >= 15 is 0 Å². The van der Waals surface area contributed by atoms with Crippen molar-refractivity contribution in [3.63, 3.8) is 0 Å². The van der Waals surface area contributed by atoms with E-state index in [1.165, 1.54) is 30.4 Å². The molecule has 0 bridgehead atoms. The molecule has 2 aliphatic carbocycles.